The molecule has 3 aromatic rings. The molecule has 0 saturated heterocycles. The van der Waals surface area contributed by atoms with E-state index in [1.807, 2.05) is 49.5 Å². The van der Waals surface area contributed by atoms with E-state index in [1.54, 1.807) is 12.3 Å². The van der Waals surface area contributed by atoms with Crippen molar-refractivity contribution in [3.63, 3.8) is 0 Å². The molecule has 6 nitrogen and oxygen atoms in total. The van der Waals surface area contributed by atoms with Gasteiger partial charge >= 0.3 is 0 Å². The van der Waals surface area contributed by atoms with E-state index in [4.69, 9.17) is 9.47 Å². The van der Waals surface area contributed by atoms with Gasteiger partial charge < -0.3 is 19.4 Å². The molecule has 6 heteroatoms. The summed E-state index contributed by atoms with van der Waals surface area (Å²) in [5.74, 6) is 1.97. The zero-order valence-electron chi connectivity index (χ0n) is 16.0. The largest absolute Gasteiger partial charge is 0.490 e. The fourth-order valence-electron chi connectivity index (χ4n) is 2.84. The Morgan fingerprint density at radius 1 is 1.04 bits per heavy atom. The van der Waals surface area contributed by atoms with E-state index in [2.05, 4.69) is 27.0 Å². The van der Waals surface area contributed by atoms with Crippen molar-refractivity contribution < 1.29 is 14.3 Å². The van der Waals surface area contributed by atoms with E-state index in [-0.39, 0.29) is 12.5 Å². The van der Waals surface area contributed by atoms with E-state index >= 15 is 0 Å². The number of rotatable bonds is 10. The first-order chi connectivity index (χ1) is 13.8. The SMILES string of the molecule is CCOc1ccccc1OCC(=O)NCCc1nccn1Cc1ccccc1. The molecule has 0 spiro atoms. The van der Waals surface area contributed by atoms with Crippen molar-refractivity contribution in [2.24, 2.45) is 0 Å². The predicted molar refractivity (Wildman–Crippen MR) is 108 cm³/mol. The number of ether oxygens (including phenoxy) is 2. The molecule has 0 bridgehead atoms. The van der Waals surface area contributed by atoms with E-state index in [0.29, 0.717) is 31.1 Å². The number of amides is 1. The Balaban J connectivity index is 1.44. The van der Waals surface area contributed by atoms with Gasteiger partial charge in [-0.3, -0.25) is 4.79 Å². The number of para-hydroxylation sites is 2. The number of benzene rings is 2. The third kappa shape index (κ3) is 5.61. The zero-order valence-corrected chi connectivity index (χ0v) is 16.0. The van der Waals surface area contributed by atoms with Crippen LogP contribution >= 0.6 is 0 Å². The molecule has 28 heavy (non-hydrogen) atoms. The second kappa shape index (κ2) is 10.2. The lowest BCUT2D eigenvalue weighted by atomic mass is 10.2. The Hall–Kier alpha value is -3.28. The number of carbonyl (C=O) groups is 1. The van der Waals surface area contributed by atoms with Gasteiger partial charge in [-0.25, -0.2) is 4.98 Å². The van der Waals surface area contributed by atoms with Crippen molar-refractivity contribution in [1.29, 1.82) is 0 Å². The van der Waals surface area contributed by atoms with Crippen LogP contribution in [0.1, 0.15) is 18.3 Å². The molecule has 1 heterocycles. The fraction of sp³-hybridized carbons (Fsp3) is 0.273. The van der Waals surface area contributed by atoms with Crippen LogP contribution in [0.4, 0.5) is 0 Å². The summed E-state index contributed by atoms with van der Waals surface area (Å²) in [6.07, 6.45) is 4.40. The van der Waals surface area contributed by atoms with Gasteiger partial charge in [-0.2, -0.15) is 0 Å². The molecule has 1 N–H and O–H groups in total. The van der Waals surface area contributed by atoms with Crippen LogP contribution in [0.5, 0.6) is 11.5 Å². The van der Waals surface area contributed by atoms with Crippen LogP contribution in [0.2, 0.25) is 0 Å². The molecular formula is C22H25N3O3. The molecule has 0 radical (unpaired) electrons. The molecule has 146 valence electrons. The second-order valence-electron chi connectivity index (χ2n) is 6.23. The highest BCUT2D eigenvalue weighted by Crippen LogP contribution is 2.26. The molecule has 1 aromatic heterocycles. The number of nitrogens with zero attached hydrogens (tertiary/aromatic N) is 2. The first-order valence-corrected chi connectivity index (χ1v) is 9.41. The molecule has 2 aromatic carbocycles. The van der Waals surface area contributed by atoms with Gasteiger partial charge in [0.05, 0.1) is 6.61 Å². The highest BCUT2D eigenvalue weighted by Gasteiger charge is 2.08. The summed E-state index contributed by atoms with van der Waals surface area (Å²) >= 11 is 0. The van der Waals surface area contributed by atoms with E-state index in [0.717, 1.165) is 12.4 Å². The first-order valence-electron chi connectivity index (χ1n) is 9.41. The average molecular weight is 379 g/mol. The summed E-state index contributed by atoms with van der Waals surface area (Å²) < 4.78 is 13.2. The van der Waals surface area contributed by atoms with Crippen LogP contribution in [0.3, 0.4) is 0 Å². The van der Waals surface area contributed by atoms with E-state index < -0.39 is 0 Å². The Morgan fingerprint density at radius 2 is 1.75 bits per heavy atom. The van der Waals surface area contributed by atoms with Crippen molar-refractivity contribution in [2.75, 3.05) is 19.8 Å². The smallest absolute Gasteiger partial charge is 0.257 e. The highest BCUT2D eigenvalue weighted by molar-refractivity contribution is 5.77. The van der Waals surface area contributed by atoms with Crippen LogP contribution in [0, 0.1) is 0 Å². The number of nitrogens with one attached hydrogen (secondary N) is 1. The van der Waals surface area contributed by atoms with Crippen LogP contribution in [-0.2, 0) is 17.8 Å². The van der Waals surface area contributed by atoms with Crippen molar-refractivity contribution in [3.8, 4) is 11.5 Å². The van der Waals surface area contributed by atoms with Crippen molar-refractivity contribution in [3.05, 3.63) is 78.4 Å². The molecule has 1 amide bonds. The van der Waals surface area contributed by atoms with Crippen LogP contribution in [-0.4, -0.2) is 35.2 Å². The normalized spacial score (nSPS) is 10.5. The van der Waals surface area contributed by atoms with Gasteiger partial charge in [0.25, 0.3) is 5.91 Å². The van der Waals surface area contributed by atoms with Gasteiger partial charge in [0, 0.05) is 31.9 Å². The molecule has 0 aliphatic heterocycles. The third-order valence-electron chi connectivity index (χ3n) is 4.18. The van der Waals surface area contributed by atoms with Gasteiger partial charge in [-0.15, -0.1) is 0 Å². The van der Waals surface area contributed by atoms with Gasteiger partial charge in [-0.05, 0) is 24.6 Å². The summed E-state index contributed by atoms with van der Waals surface area (Å²) in [6.45, 7) is 3.67. The van der Waals surface area contributed by atoms with Crippen molar-refractivity contribution >= 4 is 5.91 Å². The minimum atomic E-state index is -0.174. The maximum atomic E-state index is 12.1. The first kappa shape index (κ1) is 19.5. The number of hydrogen-bond acceptors (Lipinski definition) is 4. The van der Waals surface area contributed by atoms with Crippen LogP contribution in [0.25, 0.3) is 0 Å². The lowest BCUT2D eigenvalue weighted by Gasteiger charge is -2.12. The average Bonchev–Trinajstić information content (AvgIpc) is 3.15. The fourth-order valence-corrected chi connectivity index (χ4v) is 2.84. The highest BCUT2D eigenvalue weighted by atomic mass is 16.5. The zero-order chi connectivity index (χ0) is 19.6. The number of hydrogen-bond donors (Lipinski definition) is 1. The second-order valence-corrected chi connectivity index (χ2v) is 6.23. The topological polar surface area (TPSA) is 65.4 Å². The molecule has 0 fully saturated rings. The minimum Gasteiger partial charge on any atom is -0.490 e. The number of carbonyl (C=O) groups excluding carboxylic acids is 1. The maximum absolute atomic E-state index is 12.1. The molecule has 0 saturated carbocycles. The summed E-state index contributed by atoms with van der Waals surface area (Å²) in [7, 11) is 0. The standard InChI is InChI=1S/C22H25N3O3/c1-2-27-19-10-6-7-11-20(19)28-17-22(26)24-13-12-21-23-14-15-25(21)16-18-8-4-3-5-9-18/h3-11,14-15H,2,12-13,16-17H2,1H3,(H,24,26). The molecular weight excluding hydrogens is 354 g/mol. The summed E-state index contributed by atoms with van der Waals surface area (Å²) in [5, 5.41) is 2.88. The third-order valence-corrected chi connectivity index (χ3v) is 4.18. The molecule has 0 unspecified atom stereocenters. The molecule has 0 aliphatic carbocycles. The van der Waals surface area contributed by atoms with Crippen LogP contribution < -0.4 is 14.8 Å². The maximum Gasteiger partial charge on any atom is 0.257 e. The minimum absolute atomic E-state index is 0.0530. The Kier molecular flexibility index (Phi) is 7.07. The van der Waals surface area contributed by atoms with Gasteiger partial charge in [0.15, 0.2) is 18.1 Å². The van der Waals surface area contributed by atoms with Gasteiger partial charge in [0.1, 0.15) is 5.82 Å². The summed E-state index contributed by atoms with van der Waals surface area (Å²) in [4.78, 5) is 16.5. The van der Waals surface area contributed by atoms with Crippen LogP contribution in [0.15, 0.2) is 67.0 Å². The Labute approximate surface area is 165 Å². The molecule has 0 aliphatic rings. The van der Waals surface area contributed by atoms with Crippen molar-refractivity contribution in [1.82, 2.24) is 14.9 Å². The van der Waals surface area contributed by atoms with E-state index in [9.17, 15) is 4.79 Å². The van der Waals surface area contributed by atoms with Gasteiger partial charge in [-0.1, -0.05) is 42.5 Å². The predicted octanol–water partition coefficient (Wildman–Crippen LogP) is 3.07. The monoisotopic (exact) mass is 379 g/mol. The molecule has 3 rings (SSSR count). The van der Waals surface area contributed by atoms with Gasteiger partial charge in [0.2, 0.25) is 0 Å². The Morgan fingerprint density at radius 3 is 2.50 bits per heavy atom. The number of aromatic nitrogens is 2. The lowest BCUT2D eigenvalue weighted by molar-refractivity contribution is -0.123. The van der Waals surface area contributed by atoms with Crippen molar-refractivity contribution in [2.45, 2.75) is 19.9 Å². The Bertz CT molecular complexity index is 877. The molecule has 0 atom stereocenters. The summed E-state index contributed by atoms with van der Waals surface area (Å²) in [5.41, 5.74) is 1.21. The van der Waals surface area contributed by atoms with E-state index in [1.165, 1.54) is 5.56 Å². The number of imidazole rings is 1. The summed E-state index contributed by atoms with van der Waals surface area (Å²) in [6, 6.07) is 17.6. The lowest BCUT2D eigenvalue weighted by Crippen LogP contribution is -2.31. The quantitative estimate of drug-likeness (QED) is 0.588.